The van der Waals surface area contributed by atoms with Crippen molar-refractivity contribution in [1.29, 1.82) is 0 Å². The molecule has 0 bridgehead atoms. The third kappa shape index (κ3) is 4.75. The molecule has 1 N–H and O–H groups in total. The number of hydrogen-bond donors (Lipinski definition) is 1. The van der Waals surface area contributed by atoms with E-state index in [4.69, 9.17) is 20.8 Å². The van der Waals surface area contributed by atoms with Gasteiger partial charge in [-0.1, -0.05) is 11.6 Å². The smallest absolute Gasteiger partial charge is 0.336 e. The first-order chi connectivity index (χ1) is 16.1. The number of halogens is 3. The molecule has 1 amide bonds. The maximum absolute atomic E-state index is 15.0. The number of likely N-dealkylation sites (tertiary alicyclic amines) is 1. The average Bonchev–Trinajstić information content (AvgIpc) is 2.79. The fourth-order valence-corrected chi connectivity index (χ4v) is 4.33. The summed E-state index contributed by atoms with van der Waals surface area (Å²) in [6.45, 7) is 1.87. The van der Waals surface area contributed by atoms with Crippen molar-refractivity contribution >= 4 is 34.4 Å². The molecule has 0 spiro atoms. The van der Waals surface area contributed by atoms with E-state index in [1.54, 1.807) is 0 Å². The van der Waals surface area contributed by atoms with Crippen LogP contribution in [0.5, 0.6) is 5.75 Å². The summed E-state index contributed by atoms with van der Waals surface area (Å²) in [4.78, 5) is 37.6. The number of carboxylic acids is 1. The fraction of sp³-hybridized carbons (Fsp3) is 0.292. The first-order valence-electron chi connectivity index (χ1n) is 10.5. The topological polar surface area (TPSA) is 97.0 Å². The second-order valence-electron chi connectivity index (χ2n) is 8.10. The summed E-state index contributed by atoms with van der Waals surface area (Å²) >= 11 is 6.13. The van der Waals surface area contributed by atoms with Gasteiger partial charge >= 0.3 is 11.6 Å². The average molecular weight is 492 g/mol. The minimum absolute atomic E-state index is 0.0112. The maximum atomic E-state index is 15.0. The van der Waals surface area contributed by atoms with Gasteiger partial charge in [-0.3, -0.25) is 9.59 Å². The number of piperidine rings is 1. The summed E-state index contributed by atoms with van der Waals surface area (Å²) in [5.74, 6) is -3.80. The Morgan fingerprint density at radius 3 is 2.68 bits per heavy atom. The number of benzene rings is 2. The van der Waals surface area contributed by atoms with E-state index in [9.17, 15) is 28.3 Å². The minimum atomic E-state index is -1.11. The number of carboxylic acid groups (broad SMARTS) is 1. The van der Waals surface area contributed by atoms with Crippen LogP contribution in [-0.4, -0.2) is 41.1 Å². The Labute approximate surface area is 197 Å². The van der Waals surface area contributed by atoms with Gasteiger partial charge < -0.3 is 19.2 Å². The lowest BCUT2D eigenvalue weighted by atomic mass is 9.98. The molecule has 0 aliphatic carbocycles. The summed E-state index contributed by atoms with van der Waals surface area (Å²) in [6.07, 6.45) is -0.0897. The SMILES string of the molecule is C[C@@H](Oc1cc2oc(=O)cc(-c3ccc(F)cc3Cl)c2cc1F)C(=O)N1CCC[C@H](C(=O)O)C1. The molecule has 0 saturated carbocycles. The van der Waals surface area contributed by atoms with E-state index in [-0.39, 0.29) is 33.8 Å². The number of nitrogens with zero attached hydrogens (tertiary/aromatic N) is 1. The molecule has 1 fully saturated rings. The van der Waals surface area contributed by atoms with Crippen LogP contribution in [0.25, 0.3) is 22.1 Å². The van der Waals surface area contributed by atoms with Crippen LogP contribution in [0.3, 0.4) is 0 Å². The third-order valence-electron chi connectivity index (χ3n) is 5.75. The predicted molar refractivity (Wildman–Crippen MR) is 120 cm³/mol. The molecule has 10 heteroatoms. The number of fused-ring (bicyclic) bond motifs is 1. The maximum Gasteiger partial charge on any atom is 0.336 e. The monoisotopic (exact) mass is 491 g/mol. The van der Waals surface area contributed by atoms with Crippen LogP contribution in [-0.2, 0) is 9.59 Å². The Balaban J connectivity index is 1.64. The molecular formula is C24H20ClF2NO6. The lowest BCUT2D eigenvalue weighted by molar-refractivity contribution is -0.147. The molecule has 2 heterocycles. The van der Waals surface area contributed by atoms with Gasteiger partial charge in [-0.15, -0.1) is 0 Å². The molecule has 4 rings (SSSR count). The number of amides is 1. The lowest BCUT2D eigenvalue weighted by Gasteiger charge is -2.32. The van der Waals surface area contributed by atoms with Crippen molar-refractivity contribution in [2.75, 3.05) is 13.1 Å². The van der Waals surface area contributed by atoms with Crippen LogP contribution in [0.1, 0.15) is 19.8 Å². The summed E-state index contributed by atoms with van der Waals surface area (Å²) in [7, 11) is 0. The predicted octanol–water partition coefficient (Wildman–Crippen LogP) is 4.48. The van der Waals surface area contributed by atoms with Crippen molar-refractivity contribution in [3.05, 3.63) is 63.5 Å². The zero-order chi connectivity index (χ0) is 24.6. The molecule has 34 heavy (non-hydrogen) atoms. The van der Waals surface area contributed by atoms with Gasteiger partial charge in [0.05, 0.1) is 10.9 Å². The zero-order valence-corrected chi connectivity index (χ0v) is 18.8. The highest BCUT2D eigenvalue weighted by Gasteiger charge is 2.31. The second-order valence-corrected chi connectivity index (χ2v) is 8.51. The van der Waals surface area contributed by atoms with Crippen LogP contribution < -0.4 is 10.4 Å². The Bertz CT molecular complexity index is 1340. The molecule has 1 aliphatic rings. The van der Waals surface area contributed by atoms with E-state index >= 15 is 0 Å². The van der Waals surface area contributed by atoms with E-state index in [0.717, 1.165) is 30.3 Å². The van der Waals surface area contributed by atoms with Gasteiger partial charge in [-0.05, 0) is 44.0 Å². The van der Waals surface area contributed by atoms with Crippen molar-refractivity contribution in [2.24, 2.45) is 5.92 Å². The normalized spacial score (nSPS) is 16.9. The first-order valence-corrected chi connectivity index (χ1v) is 10.9. The van der Waals surface area contributed by atoms with E-state index in [1.165, 1.54) is 17.9 Å². The third-order valence-corrected chi connectivity index (χ3v) is 6.06. The molecule has 3 aromatic rings. The number of carbonyl (C=O) groups is 2. The molecule has 1 aromatic heterocycles. The molecule has 0 unspecified atom stereocenters. The van der Waals surface area contributed by atoms with Crippen LogP contribution in [0, 0.1) is 17.6 Å². The van der Waals surface area contributed by atoms with Gasteiger partial charge in [0, 0.05) is 41.7 Å². The van der Waals surface area contributed by atoms with Crippen molar-refractivity contribution in [3.8, 4) is 16.9 Å². The van der Waals surface area contributed by atoms with Crippen LogP contribution in [0.4, 0.5) is 8.78 Å². The number of hydrogen-bond acceptors (Lipinski definition) is 5. The van der Waals surface area contributed by atoms with Gasteiger partial charge in [0.25, 0.3) is 5.91 Å². The van der Waals surface area contributed by atoms with Gasteiger partial charge in [0.15, 0.2) is 17.7 Å². The van der Waals surface area contributed by atoms with E-state index < -0.39 is 41.2 Å². The highest BCUT2D eigenvalue weighted by molar-refractivity contribution is 6.33. The number of rotatable bonds is 5. The minimum Gasteiger partial charge on any atom is -0.481 e. The van der Waals surface area contributed by atoms with Crippen LogP contribution in [0.2, 0.25) is 5.02 Å². The Morgan fingerprint density at radius 2 is 1.97 bits per heavy atom. The van der Waals surface area contributed by atoms with E-state index in [1.807, 2.05) is 0 Å². The van der Waals surface area contributed by atoms with Crippen molar-refractivity contribution in [3.63, 3.8) is 0 Å². The number of ether oxygens (including phenoxy) is 1. The fourth-order valence-electron chi connectivity index (χ4n) is 4.06. The Morgan fingerprint density at radius 1 is 1.21 bits per heavy atom. The van der Waals surface area contributed by atoms with Crippen LogP contribution >= 0.6 is 11.6 Å². The Hall–Kier alpha value is -3.46. The molecule has 1 aliphatic heterocycles. The molecule has 0 radical (unpaired) electrons. The Kier molecular flexibility index (Phi) is 6.56. The van der Waals surface area contributed by atoms with E-state index in [2.05, 4.69) is 0 Å². The zero-order valence-electron chi connectivity index (χ0n) is 18.0. The number of carbonyl (C=O) groups excluding carboxylic acids is 1. The molecule has 7 nitrogen and oxygen atoms in total. The summed E-state index contributed by atoms with van der Waals surface area (Å²) in [5.41, 5.74) is -0.185. The van der Waals surface area contributed by atoms with Crippen molar-refractivity contribution in [1.82, 2.24) is 4.90 Å². The van der Waals surface area contributed by atoms with Crippen LogP contribution in [0.15, 0.2) is 45.6 Å². The molecule has 1 saturated heterocycles. The standard InChI is InChI=1S/C24H20ClF2NO6/c1-12(23(30)28-6-2-3-13(11-28)24(31)32)33-21-10-20-17(8-19(21)27)16(9-22(29)34-20)15-5-4-14(26)7-18(15)25/h4-5,7-10,12-13H,2-3,6,11H2,1H3,(H,31,32)/t12-,13+/m1/s1. The molecule has 178 valence electrons. The summed E-state index contributed by atoms with van der Waals surface area (Å²) in [6, 6.07) is 6.99. The molecular weight excluding hydrogens is 472 g/mol. The van der Waals surface area contributed by atoms with E-state index in [0.29, 0.717) is 24.9 Å². The number of aliphatic carboxylic acids is 1. The second kappa shape index (κ2) is 9.42. The highest BCUT2D eigenvalue weighted by atomic mass is 35.5. The first kappa shape index (κ1) is 23.7. The van der Waals surface area contributed by atoms with Gasteiger partial charge in [0.1, 0.15) is 11.4 Å². The largest absolute Gasteiger partial charge is 0.481 e. The molecule has 2 atom stereocenters. The summed E-state index contributed by atoms with van der Waals surface area (Å²) in [5, 5.41) is 9.47. The van der Waals surface area contributed by atoms with Gasteiger partial charge in [-0.25, -0.2) is 13.6 Å². The lowest BCUT2D eigenvalue weighted by Crippen LogP contribution is -2.47. The quantitative estimate of drug-likeness (QED) is 0.528. The van der Waals surface area contributed by atoms with Gasteiger partial charge in [-0.2, -0.15) is 0 Å². The highest BCUT2D eigenvalue weighted by Crippen LogP contribution is 2.35. The summed E-state index contributed by atoms with van der Waals surface area (Å²) < 4.78 is 39.2. The molecule has 2 aromatic carbocycles. The van der Waals surface area contributed by atoms with Crippen molar-refractivity contribution < 1.29 is 32.6 Å². The van der Waals surface area contributed by atoms with Gasteiger partial charge in [0.2, 0.25) is 0 Å². The van der Waals surface area contributed by atoms with Crippen molar-refractivity contribution in [2.45, 2.75) is 25.9 Å².